The minimum atomic E-state index is -1.14. The van der Waals surface area contributed by atoms with Crippen LogP contribution >= 0.6 is 0 Å². The van der Waals surface area contributed by atoms with Gasteiger partial charge in [-0.05, 0) is 31.9 Å². The number of carboxylic acid groups (broad SMARTS) is 1. The van der Waals surface area contributed by atoms with Crippen molar-refractivity contribution in [2.75, 3.05) is 4.90 Å². The normalized spacial score (nSPS) is 32.6. The van der Waals surface area contributed by atoms with E-state index in [1.165, 1.54) is 4.90 Å². The molecule has 3 aliphatic heterocycles. The molecule has 2 aromatic rings. The van der Waals surface area contributed by atoms with Crippen molar-refractivity contribution in [1.29, 1.82) is 5.26 Å². The second kappa shape index (κ2) is 5.65. The minimum absolute atomic E-state index is 0.301. The second-order valence-corrected chi connectivity index (χ2v) is 8.31. The molecule has 7 nitrogen and oxygen atoms in total. The van der Waals surface area contributed by atoms with Gasteiger partial charge in [0.05, 0.1) is 46.8 Å². The molecule has 2 amide bonds. The summed E-state index contributed by atoms with van der Waals surface area (Å²) in [5.41, 5.74) is -1.10. The number of amides is 2. The van der Waals surface area contributed by atoms with E-state index in [-0.39, 0.29) is 12.3 Å². The number of hydrogen-bond acceptors (Lipinski definition) is 5. The SMILES string of the molecule is CC12CCC(CC(=O)O)(O1)C1C(=O)N(c3ccc(C#N)c4ccccc34)C(=O)C12. The van der Waals surface area contributed by atoms with E-state index >= 15 is 0 Å². The Hall–Kier alpha value is -3.24. The van der Waals surface area contributed by atoms with Crippen LogP contribution in [0.1, 0.15) is 31.7 Å². The molecule has 146 valence electrons. The molecule has 2 bridgehead atoms. The van der Waals surface area contributed by atoms with Crippen molar-refractivity contribution in [3.05, 3.63) is 42.0 Å². The predicted molar refractivity (Wildman–Crippen MR) is 102 cm³/mol. The van der Waals surface area contributed by atoms with E-state index in [4.69, 9.17) is 4.74 Å². The molecule has 0 radical (unpaired) electrons. The van der Waals surface area contributed by atoms with Crippen LogP contribution in [0.3, 0.4) is 0 Å². The maximum Gasteiger partial charge on any atom is 0.306 e. The van der Waals surface area contributed by atoms with Crippen LogP contribution in [0, 0.1) is 23.2 Å². The molecular formula is C22H18N2O5. The quantitative estimate of drug-likeness (QED) is 0.807. The lowest BCUT2D eigenvalue weighted by Gasteiger charge is -2.29. The average Bonchev–Trinajstić information content (AvgIpc) is 3.25. The maximum absolute atomic E-state index is 13.5. The number of carboxylic acids is 1. The molecule has 1 N–H and O–H groups in total. The number of hydrogen-bond donors (Lipinski definition) is 1. The van der Waals surface area contributed by atoms with E-state index in [1.54, 1.807) is 43.3 Å². The summed E-state index contributed by atoms with van der Waals surface area (Å²) in [5, 5.41) is 20.1. The van der Waals surface area contributed by atoms with Crippen LogP contribution in [-0.4, -0.2) is 34.1 Å². The van der Waals surface area contributed by atoms with Crippen molar-refractivity contribution in [3.8, 4) is 6.07 Å². The van der Waals surface area contributed by atoms with Gasteiger partial charge in [0.2, 0.25) is 11.8 Å². The zero-order chi connectivity index (χ0) is 20.6. The molecule has 5 rings (SSSR count). The van der Waals surface area contributed by atoms with Crippen molar-refractivity contribution in [1.82, 2.24) is 0 Å². The molecule has 3 saturated heterocycles. The van der Waals surface area contributed by atoms with E-state index in [9.17, 15) is 24.8 Å². The van der Waals surface area contributed by atoms with E-state index in [1.807, 2.05) is 0 Å². The van der Waals surface area contributed by atoms with Gasteiger partial charge in [-0.25, -0.2) is 4.90 Å². The Morgan fingerprint density at radius 3 is 2.55 bits per heavy atom. The van der Waals surface area contributed by atoms with Crippen LogP contribution in [0.2, 0.25) is 0 Å². The smallest absolute Gasteiger partial charge is 0.306 e. The zero-order valence-corrected chi connectivity index (χ0v) is 15.7. The highest BCUT2D eigenvalue weighted by Crippen LogP contribution is 2.62. The van der Waals surface area contributed by atoms with Gasteiger partial charge in [-0.2, -0.15) is 5.26 Å². The van der Waals surface area contributed by atoms with Crippen molar-refractivity contribution < 1.29 is 24.2 Å². The lowest BCUT2D eigenvalue weighted by molar-refractivity contribution is -0.147. The number of rotatable bonds is 3. The van der Waals surface area contributed by atoms with E-state index in [2.05, 4.69) is 6.07 Å². The lowest BCUT2D eigenvalue weighted by Crippen LogP contribution is -2.43. The third-order valence-corrected chi connectivity index (χ3v) is 6.72. The fourth-order valence-corrected chi connectivity index (χ4v) is 5.58. The Morgan fingerprint density at radius 2 is 1.86 bits per heavy atom. The average molecular weight is 390 g/mol. The number of imide groups is 1. The number of anilines is 1. The lowest BCUT2D eigenvalue weighted by atomic mass is 9.67. The van der Waals surface area contributed by atoms with Crippen LogP contribution < -0.4 is 4.90 Å². The molecule has 2 aromatic carbocycles. The second-order valence-electron chi connectivity index (χ2n) is 8.31. The standard InChI is InChI=1S/C22H18N2O5/c1-21-8-9-22(29-21,10-16(25)26)18-17(21)19(27)24(20(18)28)15-7-6-12(11-23)13-4-2-3-5-14(13)15/h2-7,17-18H,8-10H2,1H3,(H,25,26). The fourth-order valence-electron chi connectivity index (χ4n) is 5.58. The number of fused-ring (bicyclic) bond motifs is 6. The minimum Gasteiger partial charge on any atom is -0.481 e. The summed E-state index contributed by atoms with van der Waals surface area (Å²) in [6.07, 6.45) is 0.686. The highest BCUT2D eigenvalue weighted by Gasteiger charge is 2.74. The third kappa shape index (κ3) is 2.18. The number of ether oxygens (including phenoxy) is 1. The predicted octanol–water partition coefficient (Wildman–Crippen LogP) is 2.61. The van der Waals surface area contributed by atoms with Crippen molar-refractivity contribution in [2.24, 2.45) is 11.8 Å². The van der Waals surface area contributed by atoms with Gasteiger partial charge in [0.1, 0.15) is 0 Å². The Morgan fingerprint density at radius 1 is 1.17 bits per heavy atom. The van der Waals surface area contributed by atoms with Crippen LogP contribution in [0.4, 0.5) is 5.69 Å². The fraction of sp³-hybridized carbons (Fsp3) is 0.364. The molecule has 0 aliphatic carbocycles. The first-order valence-corrected chi connectivity index (χ1v) is 9.53. The van der Waals surface area contributed by atoms with E-state index < -0.39 is 34.9 Å². The topological polar surface area (TPSA) is 108 Å². The van der Waals surface area contributed by atoms with Gasteiger partial charge in [-0.15, -0.1) is 0 Å². The highest BCUT2D eigenvalue weighted by atomic mass is 16.5. The van der Waals surface area contributed by atoms with Crippen molar-refractivity contribution in [3.63, 3.8) is 0 Å². The molecule has 29 heavy (non-hydrogen) atoms. The summed E-state index contributed by atoms with van der Waals surface area (Å²) in [5.74, 6) is -3.32. The third-order valence-electron chi connectivity index (χ3n) is 6.72. The van der Waals surface area contributed by atoms with Crippen LogP contribution in [-0.2, 0) is 19.1 Å². The molecule has 4 atom stereocenters. The zero-order valence-electron chi connectivity index (χ0n) is 15.7. The van der Waals surface area contributed by atoms with Gasteiger partial charge < -0.3 is 9.84 Å². The Bertz CT molecular complexity index is 1150. The molecule has 4 unspecified atom stereocenters. The van der Waals surface area contributed by atoms with Crippen molar-refractivity contribution >= 4 is 34.2 Å². The van der Waals surface area contributed by atoms with Gasteiger partial charge in [0, 0.05) is 10.8 Å². The van der Waals surface area contributed by atoms with Gasteiger partial charge in [0.25, 0.3) is 0 Å². The summed E-state index contributed by atoms with van der Waals surface area (Å²) >= 11 is 0. The number of nitrogens with zero attached hydrogens (tertiary/aromatic N) is 2. The van der Waals surface area contributed by atoms with E-state index in [0.29, 0.717) is 34.9 Å². The Labute approximate surface area is 166 Å². The first-order valence-electron chi connectivity index (χ1n) is 9.53. The van der Waals surface area contributed by atoms with Crippen LogP contribution in [0.5, 0.6) is 0 Å². The highest BCUT2D eigenvalue weighted by molar-refractivity contribution is 6.26. The molecule has 7 heteroatoms. The number of nitriles is 1. The summed E-state index contributed by atoms with van der Waals surface area (Å²) in [6, 6.07) is 12.5. The van der Waals surface area contributed by atoms with E-state index in [0.717, 1.165) is 0 Å². The number of benzene rings is 2. The Kier molecular flexibility index (Phi) is 3.47. The molecule has 3 heterocycles. The number of carbonyl (C=O) groups excluding carboxylic acids is 2. The summed E-state index contributed by atoms with van der Waals surface area (Å²) < 4.78 is 6.08. The molecule has 0 saturated carbocycles. The molecule has 0 spiro atoms. The van der Waals surface area contributed by atoms with Crippen molar-refractivity contribution in [2.45, 2.75) is 37.4 Å². The van der Waals surface area contributed by atoms with Gasteiger partial charge in [-0.3, -0.25) is 14.4 Å². The molecule has 3 fully saturated rings. The largest absolute Gasteiger partial charge is 0.481 e. The summed E-state index contributed by atoms with van der Waals surface area (Å²) in [7, 11) is 0. The number of aliphatic carboxylic acids is 1. The van der Waals surface area contributed by atoms with Gasteiger partial charge in [-0.1, -0.05) is 24.3 Å². The first-order chi connectivity index (χ1) is 13.8. The first kappa shape index (κ1) is 17.8. The Balaban J connectivity index is 1.66. The maximum atomic E-state index is 13.5. The van der Waals surface area contributed by atoms with Crippen LogP contribution in [0.15, 0.2) is 36.4 Å². The van der Waals surface area contributed by atoms with Gasteiger partial charge in [0.15, 0.2) is 0 Å². The monoisotopic (exact) mass is 390 g/mol. The molecule has 0 aromatic heterocycles. The summed E-state index contributed by atoms with van der Waals surface area (Å²) in [4.78, 5) is 39.6. The molecular weight excluding hydrogens is 372 g/mol. The summed E-state index contributed by atoms with van der Waals surface area (Å²) in [6.45, 7) is 1.80. The number of carbonyl (C=O) groups is 3. The van der Waals surface area contributed by atoms with Crippen LogP contribution in [0.25, 0.3) is 10.8 Å². The molecule has 3 aliphatic rings. The van der Waals surface area contributed by atoms with Gasteiger partial charge >= 0.3 is 5.97 Å².